The van der Waals surface area contributed by atoms with Crippen LogP contribution in [-0.2, 0) is 26.5 Å². The number of pyridine rings is 1. The van der Waals surface area contributed by atoms with Gasteiger partial charge in [-0.1, -0.05) is 140 Å². The van der Waals surface area contributed by atoms with Gasteiger partial charge in [0.05, 0.1) is 0 Å². The number of fused-ring (bicyclic) bond motifs is 5. The van der Waals surface area contributed by atoms with Crippen molar-refractivity contribution in [2.75, 3.05) is 9.80 Å². The van der Waals surface area contributed by atoms with Gasteiger partial charge in [0.15, 0.2) is 0 Å². The minimum absolute atomic E-state index is 0. The van der Waals surface area contributed by atoms with Crippen LogP contribution in [0, 0.1) is 18.8 Å². The Hall–Kier alpha value is -6.42. The predicted molar refractivity (Wildman–Crippen MR) is 227 cm³/mol. The van der Waals surface area contributed by atoms with Crippen LogP contribution in [0.15, 0.2) is 170 Å². The molecule has 2 aliphatic heterocycles. The molecule has 2 aromatic heterocycles. The van der Waals surface area contributed by atoms with E-state index in [9.17, 15) is 0 Å². The van der Waals surface area contributed by atoms with Crippen molar-refractivity contribution >= 4 is 44.6 Å². The van der Waals surface area contributed by atoms with Crippen LogP contribution >= 0.6 is 0 Å². The van der Waals surface area contributed by atoms with E-state index in [0.717, 1.165) is 72.6 Å². The molecule has 0 saturated heterocycles. The summed E-state index contributed by atoms with van der Waals surface area (Å²) in [5.74, 6) is 2.07. The smallest absolute Gasteiger partial charge is 0.135 e. The molecule has 0 atom stereocenters. The second-order valence-electron chi connectivity index (χ2n) is 14.9. The van der Waals surface area contributed by atoms with Crippen LogP contribution < -0.4 is 14.5 Å². The van der Waals surface area contributed by atoms with Crippen molar-refractivity contribution in [3.05, 3.63) is 200 Å². The van der Waals surface area contributed by atoms with Gasteiger partial charge in [-0.05, 0) is 51.8 Å². The van der Waals surface area contributed by atoms with Gasteiger partial charge in [0.2, 0.25) is 0 Å². The standard InChI is InChI=1S/C51H35N4O.Pt/c1-51(2)42-29-27-37(56-36-26-28-41-40-19-9-10-23-44(40)55(46(41)31-36)48-25-11-12-30-52-48)32-47(42)54-33-53(45-24-14-22-43(51)50(45)54)49-38(34-15-5-3-6-16-34)20-13-21-39(49)35-17-7-4-8-18-35;/h3-30,33H,1-2H3;/q-3;. The zero-order valence-corrected chi connectivity index (χ0v) is 33.5. The average molecular weight is 915 g/mol. The number of aromatic nitrogens is 2. The zero-order valence-electron chi connectivity index (χ0n) is 31.3. The summed E-state index contributed by atoms with van der Waals surface area (Å²) < 4.78 is 8.82. The fraction of sp³-hybridized carbons (Fsp3) is 0.0588. The maximum absolute atomic E-state index is 6.67. The molecule has 4 heterocycles. The number of anilines is 4. The van der Waals surface area contributed by atoms with Crippen molar-refractivity contribution in [1.29, 1.82) is 0 Å². The van der Waals surface area contributed by atoms with Gasteiger partial charge in [-0.25, -0.2) is 4.98 Å². The third-order valence-corrected chi connectivity index (χ3v) is 11.3. The van der Waals surface area contributed by atoms with E-state index in [4.69, 9.17) is 9.72 Å². The van der Waals surface area contributed by atoms with Crippen LogP contribution in [0.25, 0.3) is 49.9 Å². The molecule has 57 heavy (non-hydrogen) atoms. The number of para-hydroxylation sites is 3. The molecular formula is C51H35N4OPt-3. The SMILES string of the molecule is CC1(C)c2ccc(Oc3[c-]c4c(cc3)c3ccccc3n4-c3ccccn3)[c-]c2N2[CH-]N(c3c(-c4ccccc4)cccc3-c3ccccc3)c3cccc1c32.[Pt]. The summed E-state index contributed by atoms with van der Waals surface area (Å²) in [6.45, 7) is 6.85. The molecule has 9 aromatic rings. The Morgan fingerprint density at radius 1 is 0.561 bits per heavy atom. The minimum atomic E-state index is -0.286. The third-order valence-electron chi connectivity index (χ3n) is 11.3. The van der Waals surface area contributed by atoms with E-state index in [1.165, 1.54) is 11.1 Å². The summed E-state index contributed by atoms with van der Waals surface area (Å²) >= 11 is 0. The Kier molecular flexibility index (Phi) is 8.39. The molecule has 0 radical (unpaired) electrons. The molecule has 0 amide bonds. The molecule has 5 nitrogen and oxygen atoms in total. The molecule has 6 heteroatoms. The van der Waals surface area contributed by atoms with Crippen molar-refractivity contribution in [3.63, 3.8) is 0 Å². The van der Waals surface area contributed by atoms with Gasteiger partial charge in [0, 0.05) is 72.5 Å². The summed E-state index contributed by atoms with van der Waals surface area (Å²) in [6.07, 6.45) is 1.82. The van der Waals surface area contributed by atoms with E-state index in [1.807, 2.05) is 36.5 Å². The van der Waals surface area contributed by atoms with Crippen LogP contribution in [-0.4, -0.2) is 9.55 Å². The molecule has 0 saturated carbocycles. The molecule has 0 spiro atoms. The first kappa shape index (κ1) is 35.0. The Morgan fingerprint density at radius 3 is 1.96 bits per heavy atom. The number of ether oxygens (including phenoxy) is 1. The third kappa shape index (κ3) is 5.52. The second-order valence-corrected chi connectivity index (χ2v) is 14.9. The average Bonchev–Trinajstić information content (AvgIpc) is 3.80. The minimum Gasteiger partial charge on any atom is -0.509 e. The summed E-state index contributed by atoms with van der Waals surface area (Å²) in [6, 6.07) is 64.7. The predicted octanol–water partition coefficient (Wildman–Crippen LogP) is 13.0. The molecule has 0 aliphatic carbocycles. The maximum Gasteiger partial charge on any atom is 0.135 e. The normalized spacial score (nSPS) is 13.6. The van der Waals surface area contributed by atoms with Crippen LogP contribution in [0.5, 0.6) is 11.5 Å². The van der Waals surface area contributed by atoms with Crippen molar-refractivity contribution in [2.24, 2.45) is 0 Å². The number of hydrogen-bond donors (Lipinski definition) is 0. The fourth-order valence-electron chi connectivity index (χ4n) is 8.71. The Morgan fingerprint density at radius 2 is 1.23 bits per heavy atom. The van der Waals surface area contributed by atoms with E-state index < -0.39 is 0 Å². The molecule has 7 aromatic carbocycles. The largest absolute Gasteiger partial charge is 0.509 e. The Bertz CT molecular complexity index is 2900. The molecular weight excluding hydrogens is 880 g/mol. The van der Waals surface area contributed by atoms with Gasteiger partial charge in [0.1, 0.15) is 5.82 Å². The van der Waals surface area contributed by atoms with Gasteiger partial charge >= 0.3 is 0 Å². The molecule has 0 fully saturated rings. The van der Waals surface area contributed by atoms with Gasteiger partial charge < -0.3 is 19.1 Å². The first-order valence-corrected chi connectivity index (χ1v) is 19.0. The van der Waals surface area contributed by atoms with Crippen molar-refractivity contribution in [1.82, 2.24) is 9.55 Å². The van der Waals surface area contributed by atoms with Crippen molar-refractivity contribution < 1.29 is 25.8 Å². The monoisotopic (exact) mass is 914 g/mol. The number of nitrogens with zero attached hydrogens (tertiary/aromatic N) is 4. The van der Waals surface area contributed by atoms with E-state index in [2.05, 4.69) is 180 Å². The molecule has 278 valence electrons. The number of hydrogen-bond acceptors (Lipinski definition) is 4. The van der Waals surface area contributed by atoms with Crippen LogP contribution in [0.4, 0.5) is 22.7 Å². The van der Waals surface area contributed by atoms with E-state index in [1.54, 1.807) is 0 Å². The zero-order chi connectivity index (χ0) is 37.4. The first-order chi connectivity index (χ1) is 27.5. The van der Waals surface area contributed by atoms with E-state index in [-0.39, 0.29) is 26.5 Å². The topological polar surface area (TPSA) is 33.5 Å². The molecule has 11 rings (SSSR count). The van der Waals surface area contributed by atoms with Crippen LogP contribution in [0.3, 0.4) is 0 Å². The van der Waals surface area contributed by atoms with Gasteiger partial charge in [-0.3, -0.25) is 0 Å². The molecule has 0 N–H and O–H groups in total. The van der Waals surface area contributed by atoms with Gasteiger partial charge in [-0.15, -0.1) is 41.9 Å². The van der Waals surface area contributed by atoms with Gasteiger partial charge in [0.25, 0.3) is 0 Å². The first-order valence-electron chi connectivity index (χ1n) is 19.0. The van der Waals surface area contributed by atoms with Crippen molar-refractivity contribution in [2.45, 2.75) is 19.3 Å². The van der Waals surface area contributed by atoms with E-state index in [0.29, 0.717) is 11.5 Å². The summed E-state index contributed by atoms with van der Waals surface area (Å²) in [5, 5.41) is 2.24. The summed E-state index contributed by atoms with van der Waals surface area (Å²) in [7, 11) is 0. The van der Waals surface area contributed by atoms with Crippen LogP contribution in [0.1, 0.15) is 25.0 Å². The molecule has 0 bridgehead atoms. The number of rotatable bonds is 6. The molecule has 0 unspecified atom stereocenters. The maximum atomic E-state index is 6.67. The fourth-order valence-corrected chi connectivity index (χ4v) is 8.71. The quantitative estimate of drug-likeness (QED) is 0.156. The number of benzene rings is 7. The van der Waals surface area contributed by atoms with Crippen LogP contribution in [0.2, 0.25) is 0 Å². The Balaban J connectivity index is 0.00000396. The second kappa shape index (κ2) is 13.7. The Labute approximate surface area is 346 Å². The van der Waals surface area contributed by atoms with E-state index >= 15 is 0 Å². The summed E-state index contributed by atoms with van der Waals surface area (Å²) in [4.78, 5) is 9.37. The molecule has 2 aliphatic rings. The van der Waals surface area contributed by atoms with Gasteiger partial charge in [-0.2, -0.15) is 12.1 Å². The van der Waals surface area contributed by atoms with Crippen molar-refractivity contribution in [3.8, 4) is 39.6 Å². The summed E-state index contributed by atoms with van der Waals surface area (Å²) in [5.41, 5.74) is 13.2.